The highest BCUT2D eigenvalue weighted by Crippen LogP contribution is 2.19. The zero-order valence-electron chi connectivity index (χ0n) is 13.9. The Morgan fingerprint density at radius 2 is 1.67 bits per heavy atom. The minimum Gasteiger partial charge on any atom is -0.312 e. The van der Waals surface area contributed by atoms with Gasteiger partial charge in [0, 0.05) is 25.2 Å². The van der Waals surface area contributed by atoms with E-state index in [1.54, 1.807) is 23.1 Å². The minimum atomic E-state index is -3.58. The molecule has 0 aliphatic carbocycles. The molecule has 0 atom stereocenters. The Bertz CT molecular complexity index is 789. The smallest absolute Gasteiger partial charge is 0.240 e. The van der Waals surface area contributed by atoms with Gasteiger partial charge >= 0.3 is 0 Å². The number of para-hydroxylation sites is 1. The highest BCUT2D eigenvalue weighted by molar-refractivity contribution is 7.89. The highest BCUT2D eigenvalue weighted by atomic mass is 32.2. The Morgan fingerprint density at radius 1 is 1.04 bits per heavy atom. The molecule has 0 saturated carbocycles. The summed E-state index contributed by atoms with van der Waals surface area (Å²) < 4.78 is 26.8. The van der Waals surface area contributed by atoms with E-state index in [1.807, 2.05) is 38.1 Å². The number of benzene rings is 2. The summed E-state index contributed by atoms with van der Waals surface area (Å²) in [6.07, 6.45) is 0.105. The van der Waals surface area contributed by atoms with E-state index in [1.165, 1.54) is 12.1 Å². The van der Waals surface area contributed by atoms with Crippen LogP contribution in [0.4, 0.5) is 5.69 Å². The zero-order valence-corrected chi connectivity index (χ0v) is 14.7. The number of rotatable bonds is 7. The van der Waals surface area contributed by atoms with Crippen molar-refractivity contribution in [3.63, 3.8) is 0 Å². The number of hydrogen-bond acceptors (Lipinski definition) is 3. The fourth-order valence-corrected chi connectivity index (χ4v) is 3.51. The van der Waals surface area contributed by atoms with Crippen molar-refractivity contribution in [3.8, 4) is 0 Å². The van der Waals surface area contributed by atoms with Gasteiger partial charge in [0.15, 0.2) is 0 Å². The second kappa shape index (κ2) is 8.08. The minimum absolute atomic E-state index is 0.0679. The van der Waals surface area contributed by atoms with Gasteiger partial charge in [-0.3, -0.25) is 4.79 Å². The van der Waals surface area contributed by atoms with Gasteiger partial charge in [0.05, 0.1) is 4.90 Å². The van der Waals surface area contributed by atoms with Crippen LogP contribution in [-0.4, -0.2) is 27.4 Å². The summed E-state index contributed by atoms with van der Waals surface area (Å²) >= 11 is 0. The van der Waals surface area contributed by atoms with Crippen molar-refractivity contribution >= 4 is 21.6 Å². The predicted octanol–water partition coefficient (Wildman–Crippen LogP) is 2.72. The van der Waals surface area contributed by atoms with Crippen molar-refractivity contribution in [1.29, 1.82) is 0 Å². The quantitative estimate of drug-likeness (QED) is 0.838. The van der Waals surface area contributed by atoms with E-state index in [4.69, 9.17) is 0 Å². The third kappa shape index (κ3) is 4.43. The van der Waals surface area contributed by atoms with E-state index in [9.17, 15) is 13.2 Å². The molecule has 2 rings (SSSR count). The summed E-state index contributed by atoms with van der Waals surface area (Å²) in [6, 6.07) is 15.8. The van der Waals surface area contributed by atoms with Gasteiger partial charge in [0.1, 0.15) is 0 Å². The summed E-state index contributed by atoms with van der Waals surface area (Å²) in [5.41, 5.74) is 1.87. The van der Waals surface area contributed by atoms with Gasteiger partial charge in [-0.15, -0.1) is 0 Å². The van der Waals surface area contributed by atoms with Crippen LogP contribution in [0.5, 0.6) is 0 Å². The first-order chi connectivity index (χ1) is 11.5. The van der Waals surface area contributed by atoms with E-state index in [0.29, 0.717) is 6.54 Å². The first-order valence-corrected chi connectivity index (χ1v) is 9.34. The number of anilines is 1. The van der Waals surface area contributed by atoms with Gasteiger partial charge < -0.3 is 4.90 Å². The molecule has 0 fully saturated rings. The molecule has 0 unspecified atom stereocenters. The Hall–Kier alpha value is -2.18. The van der Waals surface area contributed by atoms with Gasteiger partial charge in [0.25, 0.3) is 0 Å². The Balaban J connectivity index is 1.99. The van der Waals surface area contributed by atoms with Crippen LogP contribution in [0.2, 0.25) is 0 Å². The molecule has 0 aliphatic rings. The van der Waals surface area contributed by atoms with Crippen molar-refractivity contribution in [2.24, 2.45) is 0 Å². The second-order valence-electron chi connectivity index (χ2n) is 5.39. The molecular weight excluding hydrogens is 324 g/mol. The largest absolute Gasteiger partial charge is 0.312 e. The Morgan fingerprint density at radius 3 is 2.29 bits per heavy atom. The van der Waals surface area contributed by atoms with Gasteiger partial charge in [-0.2, -0.15) is 0 Å². The molecule has 0 spiro atoms. The maximum atomic E-state index is 12.4. The average Bonchev–Trinajstić information content (AvgIpc) is 2.58. The van der Waals surface area contributed by atoms with Crippen LogP contribution in [0.3, 0.4) is 0 Å². The summed E-state index contributed by atoms with van der Waals surface area (Å²) in [7, 11) is -3.58. The van der Waals surface area contributed by atoms with Gasteiger partial charge in [0.2, 0.25) is 15.9 Å². The van der Waals surface area contributed by atoms with Crippen LogP contribution in [0.1, 0.15) is 18.9 Å². The normalized spacial score (nSPS) is 11.2. The lowest BCUT2D eigenvalue weighted by atomic mass is 10.1. The van der Waals surface area contributed by atoms with Crippen molar-refractivity contribution in [1.82, 2.24) is 4.72 Å². The molecule has 0 radical (unpaired) electrons. The Labute approximate surface area is 143 Å². The van der Waals surface area contributed by atoms with Crippen LogP contribution in [-0.2, 0) is 14.8 Å². The van der Waals surface area contributed by atoms with Crippen molar-refractivity contribution in [2.75, 3.05) is 18.0 Å². The third-order valence-corrected chi connectivity index (χ3v) is 5.18. The number of aryl methyl sites for hydroxylation is 1. The van der Waals surface area contributed by atoms with Gasteiger partial charge in [-0.05, 0) is 37.6 Å². The molecule has 128 valence electrons. The SMILES string of the molecule is CCN(C(=O)CCNS(=O)(=O)c1ccccc1)c1ccccc1C. The average molecular weight is 346 g/mol. The molecule has 6 heteroatoms. The van der Waals surface area contributed by atoms with Crippen LogP contribution in [0.15, 0.2) is 59.5 Å². The standard InChI is InChI=1S/C18H22N2O3S/c1-3-20(17-12-8-7-9-15(17)2)18(21)13-14-19-24(22,23)16-10-5-4-6-11-16/h4-12,19H,3,13-14H2,1-2H3. The highest BCUT2D eigenvalue weighted by Gasteiger charge is 2.17. The Kier molecular flexibility index (Phi) is 6.11. The molecule has 5 nitrogen and oxygen atoms in total. The van der Waals surface area contributed by atoms with Crippen LogP contribution in [0, 0.1) is 6.92 Å². The number of sulfonamides is 1. The third-order valence-electron chi connectivity index (χ3n) is 3.71. The van der Waals surface area contributed by atoms with Gasteiger partial charge in [-0.1, -0.05) is 36.4 Å². The lowest BCUT2D eigenvalue weighted by molar-refractivity contribution is -0.118. The predicted molar refractivity (Wildman–Crippen MR) is 95.5 cm³/mol. The fourth-order valence-electron chi connectivity index (χ4n) is 2.46. The van der Waals surface area contributed by atoms with E-state index < -0.39 is 10.0 Å². The summed E-state index contributed by atoms with van der Waals surface area (Å²) in [4.78, 5) is 14.3. The molecule has 0 aliphatic heterocycles. The van der Waals surface area contributed by atoms with Crippen molar-refractivity contribution in [3.05, 3.63) is 60.2 Å². The molecule has 24 heavy (non-hydrogen) atoms. The number of hydrogen-bond donors (Lipinski definition) is 1. The molecule has 2 aromatic rings. The topological polar surface area (TPSA) is 66.5 Å². The lowest BCUT2D eigenvalue weighted by Crippen LogP contribution is -2.34. The first-order valence-electron chi connectivity index (χ1n) is 7.86. The van der Waals surface area contributed by atoms with E-state index in [0.717, 1.165) is 11.3 Å². The number of carbonyl (C=O) groups is 1. The van der Waals surface area contributed by atoms with Crippen LogP contribution >= 0.6 is 0 Å². The van der Waals surface area contributed by atoms with E-state index in [-0.39, 0.29) is 23.8 Å². The summed E-state index contributed by atoms with van der Waals surface area (Å²) in [5, 5.41) is 0. The number of carbonyl (C=O) groups excluding carboxylic acids is 1. The molecule has 2 aromatic carbocycles. The van der Waals surface area contributed by atoms with Crippen molar-refractivity contribution in [2.45, 2.75) is 25.2 Å². The van der Waals surface area contributed by atoms with Crippen molar-refractivity contribution < 1.29 is 13.2 Å². The lowest BCUT2D eigenvalue weighted by Gasteiger charge is -2.23. The van der Waals surface area contributed by atoms with E-state index >= 15 is 0 Å². The number of nitrogens with zero attached hydrogens (tertiary/aromatic N) is 1. The number of amides is 1. The van der Waals surface area contributed by atoms with Crippen LogP contribution < -0.4 is 9.62 Å². The number of nitrogens with one attached hydrogen (secondary N) is 1. The van der Waals surface area contributed by atoms with Crippen LogP contribution in [0.25, 0.3) is 0 Å². The summed E-state index contributed by atoms with van der Waals surface area (Å²) in [6.45, 7) is 4.45. The molecule has 1 amide bonds. The molecule has 0 aromatic heterocycles. The maximum Gasteiger partial charge on any atom is 0.240 e. The van der Waals surface area contributed by atoms with Gasteiger partial charge in [-0.25, -0.2) is 13.1 Å². The second-order valence-corrected chi connectivity index (χ2v) is 7.15. The summed E-state index contributed by atoms with van der Waals surface area (Å²) in [5.74, 6) is -0.109. The maximum absolute atomic E-state index is 12.4. The first kappa shape index (κ1) is 18.2. The van der Waals surface area contributed by atoms with E-state index in [2.05, 4.69) is 4.72 Å². The molecule has 0 saturated heterocycles. The molecule has 0 heterocycles. The monoisotopic (exact) mass is 346 g/mol. The fraction of sp³-hybridized carbons (Fsp3) is 0.278. The zero-order chi connectivity index (χ0) is 17.6. The molecular formula is C18H22N2O3S. The molecule has 1 N–H and O–H groups in total. The molecule has 0 bridgehead atoms.